The summed E-state index contributed by atoms with van der Waals surface area (Å²) in [5.41, 5.74) is -0.854. The van der Waals surface area contributed by atoms with Crippen molar-refractivity contribution in [2.45, 2.75) is 18.8 Å². The SMILES string of the molecule is FC(F)(F)c1cnc(N2CCO[C@H](Cn3cccn3)C2)c(Cl)c1. The van der Waals surface area contributed by atoms with E-state index < -0.39 is 11.7 Å². The Hall–Kier alpha value is -1.80. The minimum atomic E-state index is -4.46. The molecule has 1 saturated heterocycles. The lowest BCUT2D eigenvalue weighted by Crippen LogP contribution is -2.44. The maximum Gasteiger partial charge on any atom is 0.417 e. The molecule has 2 aromatic heterocycles. The van der Waals surface area contributed by atoms with Crippen LogP contribution in [0.1, 0.15) is 5.56 Å². The lowest BCUT2D eigenvalue weighted by atomic mass is 10.2. The van der Waals surface area contributed by atoms with Crippen LogP contribution < -0.4 is 4.90 Å². The standard InChI is InChI=1S/C14H14ClF3N4O/c15-12-6-10(14(16,17)18)7-19-13(12)21-4-5-23-11(8-21)9-22-3-1-2-20-22/h1-3,6-7,11H,4-5,8-9H2/t11-/m0/s1. The molecule has 1 aliphatic rings. The molecule has 5 nitrogen and oxygen atoms in total. The van der Waals surface area contributed by atoms with Crippen LogP contribution in [0, 0.1) is 0 Å². The fraction of sp³-hybridized carbons (Fsp3) is 0.429. The van der Waals surface area contributed by atoms with Crippen LogP contribution in [0.2, 0.25) is 5.02 Å². The zero-order valence-corrected chi connectivity index (χ0v) is 12.8. The number of hydrogen-bond acceptors (Lipinski definition) is 4. The average Bonchev–Trinajstić information content (AvgIpc) is 2.99. The molecule has 0 aliphatic carbocycles. The summed E-state index contributed by atoms with van der Waals surface area (Å²) in [5, 5.41) is 4.10. The summed E-state index contributed by atoms with van der Waals surface area (Å²) in [5.74, 6) is 0.341. The van der Waals surface area contributed by atoms with E-state index in [2.05, 4.69) is 10.1 Å². The van der Waals surface area contributed by atoms with E-state index in [1.807, 2.05) is 17.2 Å². The number of nitrogens with zero attached hydrogens (tertiary/aromatic N) is 4. The first-order valence-corrected chi connectivity index (χ1v) is 7.38. The van der Waals surface area contributed by atoms with Crippen molar-refractivity contribution in [3.8, 4) is 0 Å². The fourth-order valence-electron chi connectivity index (χ4n) is 2.46. The molecule has 0 aromatic carbocycles. The molecule has 0 saturated carbocycles. The Labute approximate surface area is 135 Å². The maximum atomic E-state index is 12.7. The molecule has 3 rings (SSSR count). The third-order valence-corrected chi connectivity index (χ3v) is 3.82. The molecule has 0 radical (unpaired) electrons. The van der Waals surface area contributed by atoms with Crippen LogP contribution >= 0.6 is 11.6 Å². The van der Waals surface area contributed by atoms with Crippen LogP contribution in [0.3, 0.4) is 0 Å². The van der Waals surface area contributed by atoms with Crippen LogP contribution in [0.15, 0.2) is 30.7 Å². The number of rotatable bonds is 3. The minimum Gasteiger partial charge on any atom is -0.373 e. The summed E-state index contributed by atoms with van der Waals surface area (Å²) in [6.45, 7) is 2.01. The second-order valence-electron chi connectivity index (χ2n) is 5.19. The average molecular weight is 347 g/mol. The van der Waals surface area contributed by atoms with Gasteiger partial charge in [0.15, 0.2) is 0 Å². The first-order chi connectivity index (χ1) is 10.9. The number of ether oxygens (including phenoxy) is 1. The van der Waals surface area contributed by atoms with Crippen molar-refractivity contribution in [1.29, 1.82) is 0 Å². The van der Waals surface area contributed by atoms with Gasteiger partial charge < -0.3 is 9.64 Å². The van der Waals surface area contributed by atoms with Gasteiger partial charge in [0.25, 0.3) is 0 Å². The predicted octanol–water partition coefficient (Wildman–Crippen LogP) is 2.86. The lowest BCUT2D eigenvalue weighted by molar-refractivity contribution is -0.137. The second-order valence-corrected chi connectivity index (χ2v) is 5.60. The third kappa shape index (κ3) is 3.76. The van der Waals surface area contributed by atoms with Crippen molar-refractivity contribution in [2.24, 2.45) is 0 Å². The molecule has 9 heteroatoms. The van der Waals surface area contributed by atoms with Crippen molar-refractivity contribution in [3.05, 3.63) is 41.3 Å². The Kier molecular flexibility index (Phi) is 4.45. The summed E-state index contributed by atoms with van der Waals surface area (Å²) in [4.78, 5) is 5.73. The van der Waals surface area contributed by atoms with Gasteiger partial charge >= 0.3 is 6.18 Å². The molecule has 1 fully saturated rings. The van der Waals surface area contributed by atoms with Crippen molar-refractivity contribution in [2.75, 3.05) is 24.6 Å². The molecule has 0 bridgehead atoms. The van der Waals surface area contributed by atoms with Crippen LogP contribution in [-0.2, 0) is 17.5 Å². The summed E-state index contributed by atoms with van der Waals surface area (Å²) in [6, 6.07) is 2.72. The topological polar surface area (TPSA) is 43.2 Å². The molecule has 0 unspecified atom stereocenters. The molecule has 0 spiro atoms. The van der Waals surface area contributed by atoms with Crippen LogP contribution in [0.4, 0.5) is 19.0 Å². The van der Waals surface area contributed by atoms with E-state index in [4.69, 9.17) is 16.3 Å². The van der Waals surface area contributed by atoms with Crippen molar-refractivity contribution in [3.63, 3.8) is 0 Å². The minimum absolute atomic E-state index is 0.0143. The Morgan fingerprint density at radius 2 is 2.22 bits per heavy atom. The number of halogens is 4. The largest absolute Gasteiger partial charge is 0.417 e. The highest BCUT2D eigenvalue weighted by atomic mass is 35.5. The van der Waals surface area contributed by atoms with Gasteiger partial charge in [-0.1, -0.05) is 11.6 Å². The van der Waals surface area contributed by atoms with Crippen molar-refractivity contribution >= 4 is 17.4 Å². The van der Waals surface area contributed by atoms with Gasteiger partial charge in [-0.15, -0.1) is 0 Å². The van der Waals surface area contributed by atoms with Gasteiger partial charge in [0, 0.05) is 31.7 Å². The summed E-state index contributed by atoms with van der Waals surface area (Å²) < 4.78 is 45.4. The number of morpholine rings is 1. The number of hydrogen-bond donors (Lipinski definition) is 0. The van der Waals surface area contributed by atoms with E-state index in [-0.39, 0.29) is 11.1 Å². The molecular formula is C14H14ClF3N4O. The number of pyridine rings is 1. The Morgan fingerprint density at radius 3 is 2.87 bits per heavy atom. The van der Waals surface area contributed by atoms with E-state index in [1.54, 1.807) is 10.9 Å². The quantitative estimate of drug-likeness (QED) is 0.857. The van der Waals surface area contributed by atoms with Gasteiger partial charge in [0.2, 0.25) is 0 Å². The highest BCUT2D eigenvalue weighted by Gasteiger charge is 2.32. The monoisotopic (exact) mass is 346 g/mol. The summed E-state index contributed by atoms with van der Waals surface area (Å²) >= 11 is 6.00. The van der Waals surface area contributed by atoms with E-state index in [0.717, 1.165) is 12.3 Å². The molecule has 23 heavy (non-hydrogen) atoms. The maximum absolute atomic E-state index is 12.7. The Balaban J connectivity index is 1.73. The highest BCUT2D eigenvalue weighted by Crippen LogP contribution is 2.33. The summed E-state index contributed by atoms with van der Waals surface area (Å²) in [6.07, 6.45) is -0.286. The van der Waals surface area contributed by atoms with E-state index in [9.17, 15) is 13.2 Å². The first-order valence-electron chi connectivity index (χ1n) is 7.00. The second kappa shape index (κ2) is 6.37. The van der Waals surface area contributed by atoms with Crippen LogP contribution in [-0.4, -0.2) is 40.6 Å². The van der Waals surface area contributed by atoms with E-state index in [1.165, 1.54) is 0 Å². The van der Waals surface area contributed by atoms with Crippen LogP contribution in [0.25, 0.3) is 0 Å². The van der Waals surface area contributed by atoms with Crippen molar-refractivity contribution in [1.82, 2.24) is 14.8 Å². The lowest BCUT2D eigenvalue weighted by Gasteiger charge is -2.34. The molecule has 2 aromatic rings. The number of alkyl halides is 3. The predicted molar refractivity (Wildman–Crippen MR) is 78.4 cm³/mol. The van der Waals surface area contributed by atoms with Gasteiger partial charge in [0.1, 0.15) is 5.82 Å². The molecule has 1 aliphatic heterocycles. The van der Waals surface area contributed by atoms with E-state index >= 15 is 0 Å². The van der Waals surface area contributed by atoms with Gasteiger partial charge in [-0.2, -0.15) is 18.3 Å². The van der Waals surface area contributed by atoms with E-state index in [0.29, 0.717) is 32.1 Å². The summed E-state index contributed by atoms with van der Waals surface area (Å²) in [7, 11) is 0. The first kappa shape index (κ1) is 16.1. The van der Waals surface area contributed by atoms with Gasteiger partial charge in [-0.25, -0.2) is 4.98 Å². The molecule has 124 valence electrons. The van der Waals surface area contributed by atoms with Gasteiger partial charge in [0.05, 0.1) is 29.8 Å². The Bertz CT molecular complexity index is 663. The highest BCUT2D eigenvalue weighted by molar-refractivity contribution is 6.33. The van der Waals surface area contributed by atoms with Crippen molar-refractivity contribution < 1.29 is 17.9 Å². The van der Waals surface area contributed by atoms with Crippen LogP contribution in [0.5, 0.6) is 0 Å². The smallest absolute Gasteiger partial charge is 0.373 e. The van der Waals surface area contributed by atoms with Gasteiger partial charge in [-0.05, 0) is 12.1 Å². The normalized spacial score (nSPS) is 19.1. The molecule has 3 heterocycles. The van der Waals surface area contributed by atoms with Gasteiger partial charge in [-0.3, -0.25) is 4.68 Å². The zero-order chi connectivity index (χ0) is 16.4. The molecular weight excluding hydrogens is 333 g/mol. The Morgan fingerprint density at radius 1 is 1.39 bits per heavy atom. The number of anilines is 1. The molecule has 0 N–H and O–H groups in total. The fourth-order valence-corrected chi connectivity index (χ4v) is 2.74. The third-order valence-electron chi connectivity index (χ3n) is 3.54. The molecule has 1 atom stereocenters. The zero-order valence-electron chi connectivity index (χ0n) is 12.0. The number of aromatic nitrogens is 3. The molecule has 0 amide bonds.